The Morgan fingerprint density at radius 3 is 2.50 bits per heavy atom. The van der Waals surface area contributed by atoms with Crippen molar-refractivity contribution < 1.29 is 24.9 Å². The normalized spacial score (nSPS) is 11.2. The maximum Gasteiger partial charge on any atom is 0.327 e. The summed E-state index contributed by atoms with van der Waals surface area (Å²) in [7, 11) is 0. The zero-order chi connectivity index (χ0) is 12.8. The summed E-state index contributed by atoms with van der Waals surface area (Å²) in [5.41, 5.74) is 0. The third-order valence-corrected chi connectivity index (χ3v) is 1.61. The molecular formula is C11H22O5. The molecule has 16 heavy (non-hydrogen) atoms. The maximum absolute atomic E-state index is 9.25. The highest BCUT2D eigenvalue weighted by molar-refractivity contribution is 5.78. The molecule has 0 aliphatic heterocycles. The van der Waals surface area contributed by atoms with Crippen LogP contribution in [-0.2, 0) is 9.53 Å². The van der Waals surface area contributed by atoms with Gasteiger partial charge < -0.3 is 20.1 Å². The van der Waals surface area contributed by atoms with E-state index in [4.69, 9.17) is 14.9 Å². The van der Waals surface area contributed by atoms with Gasteiger partial charge in [0.05, 0.1) is 25.9 Å². The summed E-state index contributed by atoms with van der Waals surface area (Å²) in [6.07, 6.45) is 3.39. The number of unbranched alkanes of at least 4 members (excludes halogenated alkanes) is 1. The third-order valence-electron chi connectivity index (χ3n) is 1.61. The van der Waals surface area contributed by atoms with E-state index >= 15 is 0 Å². The number of aliphatic hydroxyl groups is 2. The number of carboxylic acids is 1. The van der Waals surface area contributed by atoms with E-state index in [-0.39, 0.29) is 12.7 Å². The summed E-state index contributed by atoms with van der Waals surface area (Å²) < 4.78 is 4.94. The first-order valence-electron chi connectivity index (χ1n) is 5.30. The Balaban J connectivity index is 0. The van der Waals surface area contributed by atoms with Crippen LogP contribution in [0.4, 0.5) is 0 Å². The molecule has 3 N–H and O–H groups in total. The van der Waals surface area contributed by atoms with Crippen LogP contribution in [0.15, 0.2) is 12.7 Å². The Morgan fingerprint density at radius 1 is 1.56 bits per heavy atom. The largest absolute Gasteiger partial charge is 0.478 e. The molecule has 0 saturated carbocycles. The molecule has 0 aromatic carbocycles. The van der Waals surface area contributed by atoms with Gasteiger partial charge in [-0.15, -0.1) is 0 Å². The summed E-state index contributed by atoms with van der Waals surface area (Å²) in [6.45, 7) is 5.74. The molecule has 5 heteroatoms. The number of ether oxygens (including phenoxy) is 1. The highest BCUT2D eigenvalue weighted by Gasteiger charge is 2.01. The molecule has 1 unspecified atom stereocenters. The molecule has 0 heterocycles. The van der Waals surface area contributed by atoms with Crippen molar-refractivity contribution in [2.75, 3.05) is 19.8 Å². The molecule has 0 radical (unpaired) electrons. The van der Waals surface area contributed by atoms with Crippen LogP contribution in [-0.4, -0.2) is 47.2 Å². The number of carbonyl (C=O) groups is 1. The molecule has 0 aliphatic carbocycles. The minimum Gasteiger partial charge on any atom is -0.478 e. The molecule has 0 bridgehead atoms. The molecule has 0 fully saturated rings. The van der Waals surface area contributed by atoms with Gasteiger partial charge in [0, 0.05) is 6.08 Å². The van der Waals surface area contributed by atoms with Crippen molar-refractivity contribution in [3.05, 3.63) is 12.7 Å². The lowest BCUT2D eigenvalue weighted by Crippen LogP contribution is -2.16. The first-order valence-corrected chi connectivity index (χ1v) is 5.30. The van der Waals surface area contributed by atoms with E-state index in [1.54, 1.807) is 0 Å². The summed E-state index contributed by atoms with van der Waals surface area (Å²) in [4.78, 5) is 9.25. The zero-order valence-corrected chi connectivity index (χ0v) is 9.76. The van der Waals surface area contributed by atoms with Gasteiger partial charge in [-0.05, 0) is 6.42 Å². The van der Waals surface area contributed by atoms with E-state index in [0.29, 0.717) is 13.2 Å². The number of rotatable bonds is 8. The molecule has 0 spiro atoms. The van der Waals surface area contributed by atoms with Gasteiger partial charge >= 0.3 is 5.97 Å². The molecule has 0 aromatic rings. The van der Waals surface area contributed by atoms with Gasteiger partial charge in [-0.3, -0.25) is 0 Å². The van der Waals surface area contributed by atoms with Crippen molar-refractivity contribution in [3.8, 4) is 0 Å². The smallest absolute Gasteiger partial charge is 0.327 e. The minimum atomic E-state index is -0.981. The van der Waals surface area contributed by atoms with E-state index in [0.717, 1.165) is 25.3 Å². The maximum atomic E-state index is 9.25. The second-order valence-corrected chi connectivity index (χ2v) is 3.14. The zero-order valence-electron chi connectivity index (χ0n) is 9.76. The highest BCUT2D eigenvalue weighted by Crippen LogP contribution is 1.99. The summed E-state index contributed by atoms with van der Waals surface area (Å²) >= 11 is 0. The van der Waals surface area contributed by atoms with Crippen LogP contribution in [0.5, 0.6) is 0 Å². The molecule has 0 aliphatic rings. The Hall–Kier alpha value is -0.910. The number of carboxylic acid groups (broad SMARTS) is 1. The lowest BCUT2D eigenvalue weighted by molar-refractivity contribution is -0.131. The average molecular weight is 234 g/mol. The third kappa shape index (κ3) is 18.8. The van der Waals surface area contributed by atoms with Gasteiger partial charge in [0.2, 0.25) is 0 Å². The van der Waals surface area contributed by atoms with Crippen molar-refractivity contribution in [2.45, 2.75) is 32.3 Å². The van der Waals surface area contributed by atoms with E-state index in [1.807, 2.05) is 0 Å². The van der Waals surface area contributed by atoms with Crippen molar-refractivity contribution in [2.24, 2.45) is 0 Å². The Bertz CT molecular complexity index is 170. The topological polar surface area (TPSA) is 87.0 Å². The van der Waals surface area contributed by atoms with Crippen molar-refractivity contribution in [1.82, 2.24) is 0 Å². The standard InChI is InChI=1S/C8H18O3.C3H4O2/c1-2-3-4-8(10)7-11-6-5-9;1-2-3(4)5/h8-10H,2-7H2,1H3;2H,1H2,(H,4,5). The van der Waals surface area contributed by atoms with Gasteiger partial charge in [0.15, 0.2) is 0 Å². The van der Waals surface area contributed by atoms with Gasteiger partial charge in [0.25, 0.3) is 0 Å². The fourth-order valence-corrected chi connectivity index (χ4v) is 0.807. The molecule has 0 aromatic heterocycles. The monoisotopic (exact) mass is 234 g/mol. The predicted molar refractivity (Wildman–Crippen MR) is 61.3 cm³/mol. The summed E-state index contributed by atoms with van der Waals surface area (Å²) in [5, 5.41) is 25.2. The van der Waals surface area contributed by atoms with Gasteiger partial charge in [-0.1, -0.05) is 26.3 Å². The average Bonchev–Trinajstić information content (AvgIpc) is 2.27. The first-order chi connectivity index (χ1) is 7.58. The number of aliphatic carboxylic acids is 1. The fourth-order valence-electron chi connectivity index (χ4n) is 0.807. The Kier molecular flexibility index (Phi) is 15.4. The van der Waals surface area contributed by atoms with Crippen LogP contribution < -0.4 is 0 Å². The quantitative estimate of drug-likeness (QED) is 0.427. The van der Waals surface area contributed by atoms with Crippen molar-refractivity contribution in [3.63, 3.8) is 0 Å². The molecule has 0 rings (SSSR count). The van der Waals surface area contributed by atoms with E-state index < -0.39 is 5.97 Å². The predicted octanol–water partition coefficient (Wildman–Crippen LogP) is 0.803. The molecular weight excluding hydrogens is 212 g/mol. The molecule has 0 saturated heterocycles. The van der Waals surface area contributed by atoms with Crippen LogP contribution in [0, 0.1) is 0 Å². The number of hydrogen-bond acceptors (Lipinski definition) is 4. The Labute approximate surface area is 96.4 Å². The van der Waals surface area contributed by atoms with Crippen LogP contribution in [0.25, 0.3) is 0 Å². The molecule has 1 atom stereocenters. The van der Waals surface area contributed by atoms with Crippen LogP contribution in [0.3, 0.4) is 0 Å². The second-order valence-electron chi connectivity index (χ2n) is 3.14. The van der Waals surface area contributed by atoms with Crippen molar-refractivity contribution in [1.29, 1.82) is 0 Å². The Morgan fingerprint density at radius 2 is 2.12 bits per heavy atom. The fraction of sp³-hybridized carbons (Fsp3) is 0.727. The molecule has 5 nitrogen and oxygen atoms in total. The number of aliphatic hydroxyl groups excluding tert-OH is 2. The summed E-state index contributed by atoms with van der Waals surface area (Å²) in [5.74, 6) is -0.981. The number of hydrogen-bond donors (Lipinski definition) is 3. The van der Waals surface area contributed by atoms with Crippen LogP contribution >= 0.6 is 0 Å². The van der Waals surface area contributed by atoms with E-state index in [1.165, 1.54) is 0 Å². The lowest BCUT2D eigenvalue weighted by atomic mass is 10.2. The minimum absolute atomic E-state index is 0.0283. The SMILES string of the molecule is C=CC(=O)O.CCCCC(O)COCCO. The van der Waals surface area contributed by atoms with Crippen LogP contribution in [0.1, 0.15) is 26.2 Å². The van der Waals surface area contributed by atoms with Gasteiger partial charge in [-0.25, -0.2) is 4.79 Å². The first kappa shape index (κ1) is 17.5. The van der Waals surface area contributed by atoms with Crippen molar-refractivity contribution >= 4 is 5.97 Å². The van der Waals surface area contributed by atoms with Crippen LogP contribution in [0.2, 0.25) is 0 Å². The molecule has 96 valence electrons. The lowest BCUT2D eigenvalue weighted by Gasteiger charge is -2.09. The van der Waals surface area contributed by atoms with E-state index in [2.05, 4.69) is 13.5 Å². The summed E-state index contributed by atoms with van der Waals surface area (Å²) in [6, 6.07) is 0. The molecule has 0 amide bonds. The highest BCUT2D eigenvalue weighted by atomic mass is 16.5. The second kappa shape index (κ2) is 14.1. The van der Waals surface area contributed by atoms with Gasteiger partial charge in [0.1, 0.15) is 0 Å². The van der Waals surface area contributed by atoms with E-state index in [9.17, 15) is 9.90 Å². The van der Waals surface area contributed by atoms with Gasteiger partial charge in [-0.2, -0.15) is 0 Å².